The first-order valence-electron chi connectivity index (χ1n) is 9.30. The van der Waals surface area contributed by atoms with Crippen molar-refractivity contribution < 1.29 is 29.3 Å². The van der Waals surface area contributed by atoms with Gasteiger partial charge in [-0.05, 0) is 29.8 Å². The number of anilines is 1. The maximum atomic E-state index is 12.1. The van der Waals surface area contributed by atoms with E-state index >= 15 is 0 Å². The quantitative estimate of drug-likeness (QED) is 0.376. The van der Waals surface area contributed by atoms with Gasteiger partial charge >= 0.3 is 5.97 Å². The third-order valence-corrected chi connectivity index (χ3v) is 3.95. The van der Waals surface area contributed by atoms with Gasteiger partial charge in [-0.1, -0.05) is 30.3 Å². The summed E-state index contributed by atoms with van der Waals surface area (Å²) in [6, 6.07) is 15.6. The lowest BCUT2D eigenvalue weighted by Crippen LogP contribution is -2.41. The van der Waals surface area contributed by atoms with Gasteiger partial charge in [-0.25, -0.2) is 0 Å². The molecule has 4 N–H and O–H groups in total. The zero-order valence-corrected chi connectivity index (χ0v) is 16.0. The van der Waals surface area contributed by atoms with Gasteiger partial charge in [0.25, 0.3) is 0 Å². The number of aliphatic hydroxyl groups excluding tert-OH is 1. The molecule has 2 aromatic carbocycles. The second kappa shape index (κ2) is 12.5. The van der Waals surface area contributed by atoms with E-state index in [0.717, 1.165) is 5.56 Å². The molecule has 0 fully saturated rings. The molecule has 0 aliphatic carbocycles. The molecule has 2 rings (SSSR count). The van der Waals surface area contributed by atoms with E-state index in [0.29, 0.717) is 18.0 Å². The summed E-state index contributed by atoms with van der Waals surface area (Å²) < 4.78 is 10.7. The minimum absolute atomic E-state index is 0.0964. The van der Waals surface area contributed by atoms with E-state index in [9.17, 15) is 14.7 Å². The summed E-state index contributed by atoms with van der Waals surface area (Å²) in [6.07, 6.45) is -0.221. The van der Waals surface area contributed by atoms with E-state index in [1.807, 2.05) is 30.3 Å². The van der Waals surface area contributed by atoms with E-state index in [-0.39, 0.29) is 32.8 Å². The predicted molar refractivity (Wildman–Crippen MR) is 108 cm³/mol. The van der Waals surface area contributed by atoms with Crippen molar-refractivity contribution in [3.63, 3.8) is 0 Å². The monoisotopic (exact) mass is 402 g/mol. The number of carboxylic acid groups (broad SMARTS) is 1. The molecule has 1 atom stereocenters. The lowest BCUT2D eigenvalue weighted by atomic mass is 10.2. The Balaban J connectivity index is 1.77. The van der Waals surface area contributed by atoms with E-state index in [2.05, 4.69) is 10.6 Å². The molecule has 0 aromatic heterocycles. The third-order valence-electron chi connectivity index (χ3n) is 3.95. The average Bonchev–Trinajstić information content (AvgIpc) is 2.73. The van der Waals surface area contributed by atoms with Gasteiger partial charge in [0.1, 0.15) is 18.4 Å². The molecule has 0 saturated carbocycles. The van der Waals surface area contributed by atoms with Crippen LogP contribution < -0.4 is 15.4 Å². The lowest BCUT2D eigenvalue weighted by molar-refractivity contribution is -0.141. The van der Waals surface area contributed by atoms with E-state index in [1.165, 1.54) is 0 Å². The van der Waals surface area contributed by atoms with Crippen molar-refractivity contribution in [2.24, 2.45) is 0 Å². The Kier molecular flexibility index (Phi) is 9.64. The van der Waals surface area contributed by atoms with Gasteiger partial charge in [-0.15, -0.1) is 0 Å². The highest BCUT2D eigenvalue weighted by Crippen LogP contribution is 2.17. The topological polar surface area (TPSA) is 117 Å². The van der Waals surface area contributed by atoms with Crippen molar-refractivity contribution >= 4 is 17.6 Å². The number of carboxylic acids is 1. The summed E-state index contributed by atoms with van der Waals surface area (Å²) in [5.41, 5.74) is 1.61. The Morgan fingerprint density at radius 1 is 1.00 bits per heavy atom. The molecule has 0 radical (unpaired) electrons. The number of aliphatic carboxylic acids is 1. The number of hydrogen-bond acceptors (Lipinski definition) is 6. The van der Waals surface area contributed by atoms with E-state index in [1.54, 1.807) is 24.3 Å². The summed E-state index contributed by atoms with van der Waals surface area (Å²) in [4.78, 5) is 23.4. The van der Waals surface area contributed by atoms with Crippen LogP contribution in [0.4, 0.5) is 5.69 Å². The van der Waals surface area contributed by atoms with Gasteiger partial charge in [0.05, 0.1) is 26.2 Å². The summed E-state index contributed by atoms with van der Waals surface area (Å²) in [6.45, 7) is 1.04. The molecule has 0 bridgehead atoms. The van der Waals surface area contributed by atoms with Crippen LogP contribution in [0.2, 0.25) is 0 Å². The third kappa shape index (κ3) is 8.73. The standard InChI is InChI=1S/C21H26N2O6/c24-11-13-28-12-10-22-19(21(26)27)14-20(25)23-17-6-8-18(9-7-17)29-15-16-4-2-1-3-5-16/h1-9,19,22,24H,10-15H2,(H,23,25)(H,26,27). The highest BCUT2D eigenvalue weighted by atomic mass is 16.5. The minimum atomic E-state index is -1.12. The van der Waals surface area contributed by atoms with Gasteiger partial charge in [0.15, 0.2) is 0 Å². The SMILES string of the molecule is O=C(CC(NCCOCCO)C(=O)O)Nc1ccc(OCc2ccccc2)cc1. The number of amides is 1. The number of carbonyl (C=O) groups is 2. The molecule has 0 aliphatic rings. The van der Waals surface area contributed by atoms with Gasteiger partial charge in [-0.3, -0.25) is 9.59 Å². The normalized spacial score (nSPS) is 11.6. The van der Waals surface area contributed by atoms with Crippen LogP contribution in [0.5, 0.6) is 5.75 Å². The highest BCUT2D eigenvalue weighted by molar-refractivity contribution is 5.94. The molecular formula is C21H26N2O6. The minimum Gasteiger partial charge on any atom is -0.489 e. The summed E-state index contributed by atoms with van der Waals surface area (Å²) in [5.74, 6) is -0.870. The van der Waals surface area contributed by atoms with Gasteiger partial charge in [-0.2, -0.15) is 0 Å². The number of hydrogen-bond donors (Lipinski definition) is 4. The second-order valence-electron chi connectivity index (χ2n) is 6.23. The molecule has 1 amide bonds. The summed E-state index contributed by atoms with van der Waals surface area (Å²) in [7, 11) is 0. The van der Waals surface area contributed by atoms with Crippen LogP contribution in [0.15, 0.2) is 54.6 Å². The fourth-order valence-corrected chi connectivity index (χ4v) is 2.49. The Hall–Kier alpha value is -2.94. The van der Waals surface area contributed by atoms with Crippen LogP contribution in [-0.4, -0.2) is 54.5 Å². The van der Waals surface area contributed by atoms with Crippen LogP contribution in [0.3, 0.4) is 0 Å². The zero-order chi connectivity index (χ0) is 20.9. The average molecular weight is 402 g/mol. The number of aliphatic hydroxyl groups is 1. The Morgan fingerprint density at radius 2 is 1.72 bits per heavy atom. The molecule has 8 heteroatoms. The molecule has 0 saturated heterocycles. The van der Waals surface area contributed by atoms with Crippen LogP contribution in [0.1, 0.15) is 12.0 Å². The van der Waals surface area contributed by atoms with Gasteiger partial charge < -0.3 is 30.3 Å². The summed E-state index contributed by atoms with van der Waals surface area (Å²) >= 11 is 0. The molecular weight excluding hydrogens is 376 g/mol. The maximum absolute atomic E-state index is 12.1. The van der Waals surface area contributed by atoms with Crippen molar-refractivity contribution in [3.8, 4) is 5.75 Å². The number of benzene rings is 2. The first kappa shape index (κ1) is 22.4. The van der Waals surface area contributed by atoms with Crippen LogP contribution in [-0.2, 0) is 20.9 Å². The van der Waals surface area contributed by atoms with Crippen molar-refractivity contribution in [1.29, 1.82) is 0 Å². The predicted octanol–water partition coefficient (Wildman–Crippen LogP) is 1.65. The number of carbonyl (C=O) groups excluding carboxylic acids is 1. The zero-order valence-electron chi connectivity index (χ0n) is 16.0. The molecule has 2 aromatic rings. The van der Waals surface area contributed by atoms with E-state index in [4.69, 9.17) is 14.6 Å². The Labute approximate surface area is 169 Å². The van der Waals surface area contributed by atoms with Crippen molar-refractivity contribution in [1.82, 2.24) is 5.32 Å². The van der Waals surface area contributed by atoms with Gasteiger partial charge in [0.2, 0.25) is 5.91 Å². The smallest absolute Gasteiger partial charge is 0.321 e. The molecule has 156 valence electrons. The van der Waals surface area contributed by atoms with Crippen LogP contribution in [0.25, 0.3) is 0 Å². The van der Waals surface area contributed by atoms with E-state index < -0.39 is 17.9 Å². The maximum Gasteiger partial charge on any atom is 0.321 e. The van der Waals surface area contributed by atoms with Crippen molar-refractivity contribution in [2.75, 3.05) is 31.7 Å². The number of rotatable bonds is 13. The summed E-state index contributed by atoms with van der Waals surface area (Å²) in [5, 5.41) is 23.3. The second-order valence-corrected chi connectivity index (χ2v) is 6.23. The lowest BCUT2D eigenvalue weighted by Gasteiger charge is -2.14. The van der Waals surface area contributed by atoms with Crippen molar-refractivity contribution in [2.45, 2.75) is 19.1 Å². The highest BCUT2D eigenvalue weighted by Gasteiger charge is 2.20. The van der Waals surface area contributed by atoms with Crippen LogP contribution >= 0.6 is 0 Å². The molecule has 8 nitrogen and oxygen atoms in total. The molecule has 1 unspecified atom stereocenters. The Morgan fingerprint density at radius 3 is 2.38 bits per heavy atom. The molecule has 29 heavy (non-hydrogen) atoms. The van der Waals surface area contributed by atoms with Crippen molar-refractivity contribution in [3.05, 3.63) is 60.2 Å². The fourth-order valence-electron chi connectivity index (χ4n) is 2.49. The molecule has 0 aliphatic heterocycles. The number of ether oxygens (including phenoxy) is 2. The number of nitrogens with one attached hydrogen (secondary N) is 2. The molecule has 0 heterocycles. The molecule has 0 spiro atoms. The first-order valence-corrected chi connectivity index (χ1v) is 9.30. The largest absolute Gasteiger partial charge is 0.489 e. The van der Waals surface area contributed by atoms with Gasteiger partial charge in [0, 0.05) is 12.2 Å². The first-order chi connectivity index (χ1) is 14.1. The fraction of sp³-hybridized carbons (Fsp3) is 0.333. The Bertz CT molecular complexity index is 752. The van der Waals surface area contributed by atoms with Crippen LogP contribution in [0, 0.1) is 0 Å².